The van der Waals surface area contributed by atoms with E-state index in [4.69, 9.17) is 9.15 Å². The number of aromatic amines is 1. The molecule has 2 fully saturated rings. The number of ether oxygens (including phenoxy) is 1. The molecular formula is C36H36N8O5. The Labute approximate surface area is 281 Å². The summed E-state index contributed by atoms with van der Waals surface area (Å²) >= 11 is 0. The summed E-state index contributed by atoms with van der Waals surface area (Å²) in [7, 11) is 3.13. The number of hydrogen-bond acceptors (Lipinski definition) is 9. The summed E-state index contributed by atoms with van der Waals surface area (Å²) in [6.07, 6.45) is 6.09. The molecule has 3 aliphatic heterocycles. The van der Waals surface area contributed by atoms with Crippen LogP contribution in [0.3, 0.4) is 0 Å². The van der Waals surface area contributed by atoms with Crippen LogP contribution in [0.4, 0.5) is 5.69 Å². The molecule has 0 unspecified atom stereocenters. The summed E-state index contributed by atoms with van der Waals surface area (Å²) in [4.78, 5) is 49.2. The standard InChI is InChI=1S/C36H36N8O5/c1-41-35(47)49-33(40-41)25-5-3-23(4-6-25)24-11-15-43(16-12-24)31(45)21-42-17-13-36(22-42)14-18-44(34(36)46)27-8-9-29-28(19-27)32(39-38-29)26-7-10-30(48-2)37-20-26/h3-11,19-20H,12-18,21-22H2,1-2H3,(H,38,39)/t36-/m0/s1. The highest BCUT2D eigenvalue weighted by atomic mass is 16.5. The van der Waals surface area contributed by atoms with Gasteiger partial charge in [-0.3, -0.25) is 19.6 Å². The van der Waals surface area contributed by atoms with Crippen molar-refractivity contribution in [2.24, 2.45) is 12.5 Å². The molecule has 250 valence electrons. The number of aryl methyl sites for hydroxylation is 1. The normalized spacial score (nSPS) is 19.7. The summed E-state index contributed by atoms with van der Waals surface area (Å²) in [6, 6.07) is 17.4. The summed E-state index contributed by atoms with van der Waals surface area (Å²) < 4.78 is 11.5. The van der Waals surface area contributed by atoms with E-state index < -0.39 is 11.2 Å². The van der Waals surface area contributed by atoms with Crippen molar-refractivity contribution in [3.63, 3.8) is 0 Å². The van der Waals surface area contributed by atoms with E-state index in [2.05, 4.69) is 31.3 Å². The van der Waals surface area contributed by atoms with Crippen molar-refractivity contribution in [2.75, 3.05) is 51.3 Å². The molecule has 8 rings (SSSR count). The number of amides is 2. The number of likely N-dealkylation sites (tertiary alicyclic amines) is 1. The minimum atomic E-state index is -0.498. The Morgan fingerprint density at radius 3 is 2.51 bits per heavy atom. The molecule has 2 amide bonds. The van der Waals surface area contributed by atoms with E-state index in [9.17, 15) is 14.4 Å². The van der Waals surface area contributed by atoms with Gasteiger partial charge in [-0.25, -0.2) is 9.78 Å². The number of rotatable bonds is 7. The number of pyridine rings is 1. The van der Waals surface area contributed by atoms with Gasteiger partial charge in [0.05, 0.1) is 24.6 Å². The molecule has 3 aliphatic rings. The Kier molecular flexibility index (Phi) is 7.63. The number of carbonyl (C=O) groups excluding carboxylic acids is 2. The van der Waals surface area contributed by atoms with Gasteiger partial charge in [-0.05, 0) is 73.3 Å². The molecule has 1 N–H and O–H groups in total. The molecule has 5 aromatic rings. The van der Waals surface area contributed by atoms with Gasteiger partial charge in [0.25, 0.3) is 0 Å². The highest BCUT2D eigenvalue weighted by Gasteiger charge is 2.51. The molecule has 2 aromatic carbocycles. The molecule has 6 heterocycles. The van der Waals surface area contributed by atoms with Crippen LogP contribution in [0, 0.1) is 5.41 Å². The lowest BCUT2D eigenvalue weighted by Crippen LogP contribution is -2.43. The van der Waals surface area contributed by atoms with Crippen LogP contribution in [-0.2, 0) is 16.6 Å². The molecule has 0 bridgehead atoms. The summed E-state index contributed by atoms with van der Waals surface area (Å²) in [5, 5.41) is 12.6. The van der Waals surface area contributed by atoms with Crippen LogP contribution >= 0.6 is 0 Å². The van der Waals surface area contributed by atoms with Crippen molar-refractivity contribution < 1.29 is 18.7 Å². The van der Waals surface area contributed by atoms with E-state index in [1.54, 1.807) is 26.4 Å². The number of nitrogens with zero attached hydrogens (tertiary/aromatic N) is 7. The third-order valence-corrected chi connectivity index (χ3v) is 10.1. The van der Waals surface area contributed by atoms with Gasteiger partial charge in [-0.15, -0.1) is 5.10 Å². The maximum atomic E-state index is 14.0. The van der Waals surface area contributed by atoms with Crippen molar-refractivity contribution >= 4 is 34.0 Å². The predicted molar refractivity (Wildman–Crippen MR) is 183 cm³/mol. The van der Waals surface area contributed by atoms with E-state index in [0.29, 0.717) is 38.6 Å². The zero-order valence-electron chi connectivity index (χ0n) is 27.4. The number of anilines is 1. The first-order chi connectivity index (χ1) is 23.8. The number of hydrogen-bond donors (Lipinski definition) is 1. The van der Waals surface area contributed by atoms with Crippen LogP contribution in [0.1, 0.15) is 24.8 Å². The molecule has 1 spiro atoms. The van der Waals surface area contributed by atoms with Gasteiger partial charge in [-0.1, -0.05) is 18.2 Å². The topological polar surface area (TPSA) is 143 Å². The van der Waals surface area contributed by atoms with Crippen LogP contribution in [-0.4, -0.2) is 93.0 Å². The Balaban J connectivity index is 0.891. The van der Waals surface area contributed by atoms with E-state index in [1.807, 2.05) is 58.3 Å². The Bertz CT molecular complexity index is 2150. The van der Waals surface area contributed by atoms with Gasteiger partial charge < -0.3 is 19.0 Å². The highest BCUT2D eigenvalue weighted by molar-refractivity contribution is 6.03. The Hall–Kier alpha value is -5.56. The molecule has 2 saturated heterocycles. The molecule has 13 nitrogen and oxygen atoms in total. The highest BCUT2D eigenvalue weighted by Crippen LogP contribution is 2.43. The minimum Gasteiger partial charge on any atom is -0.481 e. The second-order valence-electron chi connectivity index (χ2n) is 13.0. The fourth-order valence-corrected chi connectivity index (χ4v) is 7.31. The van der Waals surface area contributed by atoms with Gasteiger partial charge in [0.15, 0.2) is 0 Å². The number of nitrogens with one attached hydrogen (secondary N) is 1. The molecule has 49 heavy (non-hydrogen) atoms. The lowest BCUT2D eigenvalue weighted by atomic mass is 9.85. The van der Waals surface area contributed by atoms with E-state index in [-0.39, 0.29) is 17.7 Å². The largest absolute Gasteiger partial charge is 0.481 e. The average molecular weight is 661 g/mol. The van der Waals surface area contributed by atoms with Gasteiger partial charge in [0.2, 0.25) is 23.6 Å². The van der Waals surface area contributed by atoms with Gasteiger partial charge in [0.1, 0.15) is 5.69 Å². The third kappa shape index (κ3) is 5.59. The van der Waals surface area contributed by atoms with E-state index >= 15 is 0 Å². The Morgan fingerprint density at radius 1 is 1.00 bits per heavy atom. The maximum absolute atomic E-state index is 14.0. The van der Waals surface area contributed by atoms with Gasteiger partial charge in [0, 0.05) is 67.7 Å². The Morgan fingerprint density at radius 2 is 1.80 bits per heavy atom. The van der Waals surface area contributed by atoms with Crippen LogP contribution in [0.25, 0.3) is 39.2 Å². The summed E-state index contributed by atoms with van der Waals surface area (Å²) in [5.41, 5.74) is 5.87. The second-order valence-corrected chi connectivity index (χ2v) is 13.0. The first-order valence-corrected chi connectivity index (χ1v) is 16.4. The fraction of sp³-hybridized carbons (Fsp3) is 0.333. The van der Waals surface area contributed by atoms with E-state index in [1.165, 1.54) is 10.3 Å². The van der Waals surface area contributed by atoms with E-state index in [0.717, 1.165) is 64.8 Å². The summed E-state index contributed by atoms with van der Waals surface area (Å²) in [5.74, 6) is 0.533. The molecule has 0 saturated carbocycles. The van der Waals surface area contributed by atoms with Crippen LogP contribution < -0.4 is 15.4 Å². The second kappa shape index (κ2) is 12.2. The number of methoxy groups -OCH3 is 1. The summed E-state index contributed by atoms with van der Waals surface area (Å²) in [6.45, 7) is 3.43. The van der Waals surface area contributed by atoms with Crippen molar-refractivity contribution in [2.45, 2.75) is 19.3 Å². The van der Waals surface area contributed by atoms with Crippen molar-refractivity contribution in [3.8, 4) is 28.6 Å². The fourth-order valence-electron chi connectivity index (χ4n) is 7.31. The molecule has 0 aliphatic carbocycles. The van der Waals surface area contributed by atoms with Crippen LogP contribution in [0.15, 0.2) is 76.1 Å². The lowest BCUT2D eigenvalue weighted by Gasteiger charge is -2.29. The lowest BCUT2D eigenvalue weighted by molar-refractivity contribution is -0.132. The van der Waals surface area contributed by atoms with Crippen LogP contribution in [0.2, 0.25) is 0 Å². The molecule has 1 atom stereocenters. The monoisotopic (exact) mass is 660 g/mol. The first kappa shape index (κ1) is 30.8. The number of H-pyrrole nitrogens is 1. The first-order valence-electron chi connectivity index (χ1n) is 16.4. The zero-order valence-corrected chi connectivity index (χ0v) is 27.4. The predicted octanol–water partition coefficient (Wildman–Crippen LogP) is 3.73. The van der Waals surface area contributed by atoms with Gasteiger partial charge >= 0.3 is 5.76 Å². The number of benzene rings is 2. The molecule has 0 radical (unpaired) electrons. The van der Waals surface area contributed by atoms with Gasteiger partial charge in [-0.2, -0.15) is 9.78 Å². The number of fused-ring (bicyclic) bond motifs is 1. The van der Waals surface area contributed by atoms with Crippen molar-refractivity contribution in [3.05, 3.63) is 83.0 Å². The van der Waals surface area contributed by atoms with Crippen LogP contribution in [0.5, 0.6) is 5.88 Å². The maximum Gasteiger partial charge on any atom is 0.437 e. The van der Waals surface area contributed by atoms with Crippen molar-refractivity contribution in [1.82, 2.24) is 34.8 Å². The molecular weight excluding hydrogens is 624 g/mol. The van der Waals surface area contributed by atoms with Crippen molar-refractivity contribution in [1.29, 1.82) is 0 Å². The molecule has 3 aromatic heterocycles. The number of aromatic nitrogens is 5. The third-order valence-electron chi connectivity index (χ3n) is 10.1. The zero-order chi connectivity index (χ0) is 33.7. The SMILES string of the molecule is COc1ccc(-c2n[nH]c3ccc(N4CC[C@]5(CCN(CC(=O)N6CC=C(c7ccc(-c8nn(C)c(=O)o8)cc7)CC6)C5)C4=O)cc23)cn1. The molecule has 13 heteroatoms. The average Bonchev–Trinajstić information content (AvgIpc) is 3.91. The quantitative estimate of drug-likeness (QED) is 0.276. The smallest absolute Gasteiger partial charge is 0.437 e. The number of carbonyl (C=O) groups is 2. The minimum absolute atomic E-state index is 0.0844.